The summed E-state index contributed by atoms with van der Waals surface area (Å²) in [5, 5.41) is 0.470. The van der Waals surface area contributed by atoms with E-state index in [2.05, 4.69) is 18.8 Å². The van der Waals surface area contributed by atoms with E-state index in [4.69, 9.17) is 0 Å². The van der Waals surface area contributed by atoms with Gasteiger partial charge < -0.3 is 4.98 Å². The van der Waals surface area contributed by atoms with Gasteiger partial charge in [-0.2, -0.15) is 0 Å². The topological polar surface area (TPSA) is 32.9 Å². The number of benzene rings is 1. The van der Waals surface area contributed by atoms with Crippen molar-refractivity contribution in [2.45, 2.75) is 32.6 Å². The number of nitrogens with one attached hydrogen (secondary N) is 1. The lowest BCUT2D eigenvalue weighted by Crippen LogP contribution is -2.06. The van der Waals surface area contributed by atoms with E-state index in [9.17, 15) is 13.6 Å². The van der Waals surface area contributed by atoms with E-state index in [-0.39, 0.29) is 11.1 Å². The molecule has 1 unspecified atom stereocenters. The predicted octanol–water partition coefficient (Wildman–Crippen LogP) is 3.98. The van der Waals surface area contributed by atoms with Crippen LogP contribution >= 0.6 is 0 Å². The minimum absolute atomic E-state index is 0.330. The lowest BCUT2D eigenvalue weighted by atomic mass is 9.97. The molecule has 0 fully saturated rings. The van der Waals surface area contributed by atoms with Crippen LogP contribution in [0.25, 0.3) is 10.9 Å². The SMILES string of the molecule is CCC(C)c1ccc2[nH]c(C(F)F)cc(=O)c2c1. The molecule has 0 aliphatic carbocycles. The van der Waals surface area contributed by atoms with Crippen molar-refractivity contribution in [1.82, 2.24) is 4.98 Å². The summed E-state index contributed by atoms with van der Waals surface area (Å²) in [4.78, 5) is 14.4. The smallest absolute Gasteiger partial charge is 0.278 e. The normalized spacial score (nSPS) is 13.2. The number of H-pyrrole nitrogens is 1. The van der Waals surface area contributed by atoms with Crippen LogP contribution in [0.5, 0.6) is 0 Å². The fourth-order valence-electron chi connectivity index (χ4n) is 1.95. The Balaban J connectivity index is 2.62. The van der Waals surface area contributed by atoms with E-state index in [0.29, 0.717) is 16.8 Å². The summed E-state index contributed by atoms with van der Waals surface area (Å²) in [7, 11) is 0. The number of halogens is 2. The average Bonchev–Trinajstić information content (AvgIpc) is 2.37. The Morgan fingerprint density at radius 2 is 2.00 bits per heavy atom. The zero-order chi connectivity index (χ0) is 13.3. The first kappa shape index (κ1) is 12.7. The molecule has 0 aliphatic heterocycles. The van der Waals surface area contributed by atoms with Gasteiger partial charge in [-0.1, -0.05) is 19.9 Å². The summed E-state index contributed by atoms with van der Waals surface area (Å²) < 4.78 is 25.1. The van der Waals surface area contributed by atoms with Gasteiger partial charge in [-0.15, -0.1) is 0 Å². The molecular weight excluding hydrogens is 236 g/mol. The highest BCUT2D eigenvalue weighted by Gasteiger charge is 2.12. The molecule has 0 bridgehead atoms. The maximum absolute atomic E-state index is 12.6. The molecule has 1 atom stereocenters. The second kappa shape index (κ2) is 4.88. The largest absolute Gasteiger partial charge is 0.354 e. The number of aromatic nitrogens is 1. The number of hydrogen-bond donors (Lipinski definition) is 1. The van der Waals surface area contributed by atoms with Crippen molar-refractivity contribution < 1.29 is 8.78 Å². The molecule has 2 aromatic rings. The van der Waals surface area contributed by atoms with Gasteiger partial charge in [-0.05, 0) is 30.0 Å². The molecule has 0 spiro atoms. The molecule has 0 saturated carbocycles. The Morgan fingerprint density at radius 1 is 1.28 bits per heavy atom. The molecular formula is C14H15F2NO. The molecule has 1 heterocycles. The predicted molar refractivity (Wildman–Crippen MR) is 68.2 cm³/mol. The summed E-state index contributed by atoms with van der Waals surface area (Å²) in [6.07, 6.45) is -1.69. The second-order valence-corrected chi connectivity index (χ2v) is 4.50. The summed E-state index contributed by atoms with van der Waals surface area (Å²) in [5.41, 5.74) is 0.832. The highest BCUT2D eigenvalue weighted by molar-refractivity contribution is 5.79. The molecule has 1 N–H and O–H groups in total. The van der Waals surface area contributed by atoms with Crippen LogP contribution in [0.1, 0.15) is 43.9 Å². The molecule has 0 amide bonds. The Bertz CT molecular complexity index is 619. The first-order chi connectivity index (χ1) is 8.52. The molecule has 0 radical (unpaired) electrons. The second-order valence-electron chi connectivity index (χ2n) is 4.50. The lowest BCUT2D eigenvalue weighted by molar-refractivity contribution is 0.146. The zero-order valence-electron chi connectivity index (χ0n) is 10.3. The maximum Gasteiger partial charge on any atom is 0.278 e. The van der Waals surface area contributed by atoms with Crippen LogP contribution in [0.4, 0.5) is 8.78 Å². The van der Waals surface area contributed by atoms with Crippen LogP contribution in [-0.2, 0) is 0 Å². The number of alkyl halides is 2. The fourth-order valence-corrected chi connectivity index (χ4v) is 1.95. The summed E-state index contributed by atoms with van der Waals surface area (Å²) in [5.74, 6) is 0.351. The molecule has 96 valence electrons. The third kappa shape index (κ3) is 2.28. The molecule has 2 rings (SSSR count). The minimum atomic E-state index is -2.66. The van der Waals surface area contributed by atoms with Crippen molar-refractivity contribution in [3.63, 3.8) is 0 Å². The van der Waals surface area contributed by atoms with Gasteiger partial charge in [0.1, 0.15) is 0 Å². The van der Waals surface area contributed by atoms with E-state index in [0.717, 1.165) is 18.1 Å². The van der Waals surface area contributed by atoms with E-state index in [1.807, 2.05) is 6.07 Å². The van der Waals surface area contributed by atoms with Crippen molar-refractivity contribution in [3.8, 4) is 0 Å². The van der Waals surface area contributed by atoms with Crippen molar-refractivity contribution >= 4 is 10.9 Å². The summed E-state index contributed by atoms with van der Waals surface area (Å²) in [6, 6.07) is 6.34. The third-order valence-electron chi connectivity index (χ3n) is 3.29. The molecule has 2 nitrogen and oxygen atoms in total. The first-order valence-corrected chi connectivity index (χ1v) is 5.98. The Morgan fingerprint density at radius 3 is 2.61 bits per heavy atom. The Kier molecular flexibility index (Phi) is 3.45. The van der Waals surface area contributed by atoms with Crippen molar-refractivity contribution in [3.05, 3.63) is 45.7 Å². The van der Waals surface area contributed by atoms with Crippen LogP contribution in [0, 0.1) is 0 Å². The average molecular weight is 251 g/mol. The van der Waals surface area contributed by atoms with Crippen molar-refractivity contribution in [2.24, 2.45) is 0 Å². The number of fused-ring (bicyclic) bond motifs is 1. The van der Waals surface area contributed by atoms with Gasteiger partial charge >= 0.3 is 0 Å². The highest BCUT2D eigenvalue weighted by Crippen LogP contribution is 2.23. The third-order valence-corrected chi connectivity index (χ3v) is 3.29. The standard InChI is InChI=1S/C14H15F2NO/c1-3-8(2)9-4-5-11-10(6-9)13(18)7-12(17-11)14(15)16/h4-8,14H,3H2,1-2H3,(H,17,18). The molecule has 0 saturated heterocycles. The van der Waals surface area contributed by atoms with Gasteiger partial charge in [-0.25, -0.2) is 8.78 Å². The van der Waals surface area contributed by atoms with Crippen molar-refractivity contribution in [2.75, 3.05) is 0 Å². The van der Waals surface area contributed by atoms with Gasteiger partial charge in [0, 0.05) is 17.0 Å². The zero-order valence-corrected chi connectivity index (χ0v) is 10.3. The van der Waals surface area contributed by atoms with E-state index >= 15 is 0 Å². The number of aromatic amines is 1. The molecule has 1 aromatic heterocycles. The summed E-state index contributed by atoms with van der Waals surface area (Å²) in [6.45, 7) is 4.14. The first-order valence-electron chi connectivity index (χ1n) is 5.98. The van der Waals surface area contributed by atoms with Crippen LogP contribution in [-0.4, -0.2) is 4.98 Å². The van der Waals surface area contributed by atoms with Crippen LogP contribution in [0.2, 0.25) is 0 Å². The molecule has 0 aliphatic rings. The monoisotopic (exact) mass is 251 g/mol. The van der Waals surface area contributed by atoms with Crippen LogP contribution < -0.4 is 5.43 Å². The van der Waals surface area contributed by atoms with Gasteiger partial charge in [-0.3, -0.25) is 4.79 Å². The van der Waals surface area contributed by atoms with Crippen LogP contribution in [0.15, 0.2) is 29.1 Å². The highest BCUT2D eigenvalue weighted by atomic mass is 19.3. The van der Waals surface area contributed by atoms with Gasteiger partial charge in [0.05, 0.1) is 5.69 Å². The number of rotatable bonds is 3. The summed E-state index contributed by atoms with van der Waals surface area (Å²) >= 11 is 0. The Hall–Kier alpha value is -1.71. The quantitative estimate of drug-likeness (QED) is 0.879. The van der Waals surface area contributed by atoms with Crippen LogP contribution in [0.3, 0.4) is 0 Å². The molecule has 1 aromatic carbocycles. The fraction of sp³-hybridized carbons (Fsp3) is 0.357. The van der Waals surface area contributed by atoms with Gasteiger partial charge in [0.2, 0.25) is 0 Å². The molecule has 4 heteroatoms. The number of pyridine rings is 1. The maximum atomic E-state index is 12.6. The molecule has 18 heavy (non-hydrogen) atoms. The Labute approximate surface area is 104 Å². The van der Waals surface area contributed by atoms with Gasteiger partial charge in [0.25, 0.3) is 6.43 Å². The lowest BCUT2D eigenvalue weighted by Gasteiger charge is -2.10. The van der Waals surface area contributed by atoms with Crippen molar-refractivity contribution in [1.29, 1.82) is 0 Å². The van der Waals surface area contributed by atoms with Gasteiger partial charge in [0.15, 0.2) is 5.43 Å². The minimum Gasteiger partial charge on any atom is -0.354 e. The van der Waals surface area contributed by atoms with E-state index < -0.39 is 6.43 Å². The number of hydrogen-bond acceptors (Lipinski definition) is 1. The van der Waals surface area contributed by atoms with E-state index in [1.54, 1.807) is 12.1 Å². The van der Waals surface area contributed by atoms with E-state index in [1.165, 1.54) is 0 Å².